The van der Waals surface area contributed by atoms with Crippen molar-refractivity contribution in [3.63, 3.8) is 0 Å². The number of rotatable bonds is 7. The minimum atomic E-state index is -3.39. The van der Waals surface area contributed by atoms with Crippen LogP contribution in [0.5, 0.6) is 0 Å². The van der Waals surface area contributed by atoms with Crippen LogP contribution in [0.1, 0.15) is 31.7 Å². The molecule has 1 N–H and O–H groups in total. The zero-order valence-corrected chi connectivity index (χ0v) is 11.8. The van der Waals surface area contributed by atoms with Gasteiger partial charge in [-0.05, 0) is 45.2 Å². The van der Waals surface area contributed by atoms with Gasteiger partial charge in [0, 0.05) is 6.04 Å². The molecule has 0 aromatic heterocycles. The Kier molecular flexibility index (Phi) is 5.56. The monoisotopic (exact) mass is 267 g/mol. The third-order valence-corrected chi connectivity index (χ3v) is 4.34. The minimum Gasteiger partial charge on any atom is -0.208 e. The zero-order chi connectivity index (χ0) is 13.6. The topological polar surface area (TPSA) is 46.2 Å². The number of sulfonamides is 1. The van der Waals surface area contributed by atoms with Gasteiger partial charge in [0.25, 0.3) is 0 Å². The van der Waals surface area contributed by atoms with Gasteiger partial charge in [-0.2, -0.15) is 0 Å². The Morgan fingerprint density at radius 2 is 1.94 bits per heavy atom. The fourth-order valence-corrected chi connectivity index (χ4v) is 2.96. The maximum absolute atomic E-state index is 12.1. The average Bonchev–Trinajstić information content (AvgIpc) is 2.29. The van der Waals surface area contributed by atoms with Crippen molar-refractivity contribution in [3.8, 4) is 0 Å². The van der Waals surface area contributed by atoms with Crippen molar-refractivity contribution in [2.75, 3.05) is 0 Å². The largest absolute Gasteiger partial charge is 0.240 e. The summed E-state index contributed by atoms with van der Waals surface area (Å²) in [6.45, 7) is 7.47. The molecule has 100 valence electrons. The SMILES string of the molecule is C=CCCC[C@H](C)NS(=O)(=O)c1ccc(C)cc1. The number of benzene rings is 1. The maximum atomic E-state index is 12.1. The van der Waals surface area contributed by atoms with Gasteiger partial charge in [0.1, 0.15) is 0 Å². The molecule has 0 saturated carbocycles. The molecule has 1 atom stereocenters. The van der Waals surface area contributed by atoms with E-state index in [0.29, 0.717) is 4.90 Å². The van der Waals surface area contributed by atoms with Crippen LogP contribution in [0.4, 0.5) is 0 Å². The van der Waals surface area contributed by atoms with E-state index in [4.69, 9.17) is 0 Å². The molecule has 0 aliphatic rings. The molecular weight excluding hydrogens is 246 g/mol. The number of allylic oxidation sites excluding steroid dienone is 1. The van der Waals surface area contributed by atoms with Crippen LogP contribution in [0.25, 0.3) is 0 Å². The van der Waals surface area contributed by atoms with Gasteiger partial charge in [-0.15, -0.1) is 6.58 Å². The number of hydrogen-bond donors (Lipinski definition) is 1. The number of nitrogens with one attached hydrogen (secondary N) is 1. The molecule has 3 nitrogen and oxygen atoms in total. The predicted molar refractivity (Wildman–Crippen MR) is 75.0 cm³/mol. The summed E-state index contributed by atoms with van der Waals surface area (Å²) in [6.07, 6.45) is 4.52. The van der Waals surface area contributed by atoms with Crippen molar-refractivity contribution in [1.82, 2.24) is 4.72 Å². The molecule has 0 aliphatic heterocycles. The molecule has 0 unspecified atom stereocenters. The van der Waals surface area contributed by atoms with E-state index in [1.54, 1.807) is 24.3 Å². The van der Waals surface area contributed by atoms with E-state index in [0.717, 1.165) is 24.8 Å². The summed E-state index contributed by atoms with van der Waals surface area (Å²) < 4.78 is 26.8. The standard InChI is InChI=1S/C14H21NO2S/c1-4-5-6-7-13(3)15-18(16,17)14-10-8-12(2)9-11-14/h4,8-11,13,15H,1,5-7H2,2-3H3/t13-/m0/s1. The highest BCUT2D eigenvalue weighted by atomic mass is 32.2. The summed E-state index contributed by atoms with van der Waals surface area (Å²) in [7, 11) is -3.39. The summed E-state index contributed by atoms with van der Waals surface area (Å²) >= 11 is 0. The maximum Gasteiger partial charge on any atom is 0.240 e. The first-order valence-electron chi connectivity index (χ1n) is 6.15. The third kappa shape index (κ3) is 4.63. The van der Waals surface area contributed by atoms with Crippen molar-refractivity contribution < 1.29 is 8.42 Å². The number of hydrogen-bond acceptors (Lipinski definition) is 2. The van der Waals surface area contributed by atoms with Crippen LogP contribution in [0, 0.1) is 6.92 Å². The van der Waals surface area contributed by atoms with Crippen molar-refractivity contribution in [2.24, 2.45) is 0 Å². The highest BCUT2D eigenvalue weighted by Gasteiger charge is 2.16. The number of unbranched alkanes of at least 4 members (excludes halogenated alkanes) is 1. The van der Waals surface area contributed by atoms with Crippen LogP contribution in [0.2, 0.25) is 0 Å². The smallest absolute Gasteiger partial charge is 0.208 e. The summed E-state index contributed by atoms with van der Waals surface area (Å²) in [5, 5.41) is 0. The second kappa shape index (κ2) is 6.71. The molecule has 18 heavy (non-hydrogen) atoms. The molecule has 1 aromatic rings. The quantitative estimate of drug-likeness (QED) is 0.609. The Morgan fingerprint density at radius 3 is 2.50 bits per heavy atom. The van der Waals surface area contributed by atoms with Crippen LogP contribution in [0.15, 0.2) is 41.8 Å². The van der Waals surface area contributed by atoms with Crippen molar-refractivity contribution >= 4 is 10.0 Å². The van der Waals surface area contributed by atoms with Crippen LogP contribution in [-0.2, 0) is 10.0 Å². The first-order valence-corrected chi connectivity index (χ1v) is 7.64. The highest BCUT2D eigenvalue weighted by Crippen LogP contribution is 2.12. The van der Waals surface area contributed by atoms with Gasteiger partial charge < -0.3 is 0 Å². The summed E-state index contributed by atoms with van der Waals surface area (Å²) in [5.41, 5.74) is 1.05. The van der Waals surface area contributed by atoms with Crippen molar-refractivity contribution in [3.05, 3.63) is 42.5 Å². The molecular formula is C14H21NO2S. The first-order chi connectivity index (χ1) is 8.45. The molecule has 0 fully saturated rings. The molecule has 1 aromatic carbocycles. The third-order valence-electron chi connectivity index (χ3n) is 2.73. The van der Waals surface area contributed by atoms with Crippen LogP contribution < -0.4 is 4.72 Å². The second-order valence-corrected chi connectivity index (χ2v) is 6.27. The van der Waals surface area contributed by atoms with Gasteiger partial charge >= 0.3 is 0 Å². The van der Waals surface area contributed by atoms with Gasteiger partial charge in [-0.25, -0.2) is 13.1 Å². The van der Waals surface area contributed by atoms with E-state index in [1.165, 1.54) is 0 Å². The van der Waals surface area contributed by atoms with E-state index in [-0.39, 0.29) is 6.04 Å². The van der Waals surface area contributed by atoms with Gasteiger partial charge in [0.2, 0.25) is 10.0 Å². The normalized spacial score (nSPS) is 13.2. The second-order valence-electron chi connectivity index (χ2n) is 4.55. The Morgan fingerprint density at radius 1 is 1.33 bits per heavy atom. The molecule has 0 heterocycles. The Hall–Kier alpha value is -1.13. The fraction of sp³-hybridized carbons (Fsp3) is 0.429. The lowest BCUT2D eigenvalue weighted by atomic mass is 10.1. The molecule has 4 heteroatoms. The van der Waals surface area contributed by atoms with E-state index in [2.05, 4.69) is 11.3 Å². The molecule has 0 bridgehead atoms. The molecule has 0 amide bonds. The van der Waals surface area contributed by atoms with Crippen LogP contribution >= 0.6 is 0 Å². The van der Waals surface area contributed by atoms with E-state index in [1.807, 2.05) is 19.9 Å². The highest BCUT2D eigenvalue weighted by molar-refractivity contribution is 7.89. The Balaban J connectivity index is 2.64. The lowest BCUT2D eigenvalue weighted by Crippen LogP contribution is -2.32. The van der Waals surface area contributed by atoms with E-state index in [9.17, 15) is 8.42 Å². The summed E-state index contributed by atoms with van der Waals surface area (Å²) in [5.74, 6) is 0. The molecule has 0 radical (unpaired) electrons. The van der Waals surface area contributed by atoms with Gasteiger partial charge in [0.05, 0.1) is 4.90 Å². The van der Waals surface area contributed by atoms with Gasteiger partial charge in [0.15, 0.2) is 0 Å². The van der Waals surface area contributed by atoms with Crippen molar-refractivity contribution in [1.29, 1.82) is 0 Å². The van der Waals surface area contributed by atoms with Crippen molar-refractivity contribution in [2.45, 2.75) is 44.0 Å². The van der Waals surface area contributed by atoms with E-state index >= 15 is 0 Å². The molecule has 0 saturated heterocycles. The lowest BCUT2D eigenvalue weighted by molar-refractivity contribution is 0.538. The molecule has 1 rings (SSSR count). The average molecular weight is 267 g/mol. The van der Waals surface area contributed by atoms with Crippen LogP contribution in [-0.4, -0.2) is 14.5 Å². The number of aryl methyl sites for hydroxylation is 1. The zero-order valence-electron chi connectivity index (χ0n) is 11.0. The Labute approximate surface area is 110 Å². The fourth-order valence-electron chi connectivity index (χ4n) is 1.68. The minimum absolute atomic E-state index is 0.0590. The Bertz CT molecular complexity index is 477. The van der Waals surface area contributed by atoms with E-state index < -0.39 is 10.0 Å². The first kappa shape index (κ1) is 14.9. The lowest BCUT2D eigenvalue weighted by Gasteiger charge is -2.13. The van der Waals surface area contributed by atoms with Gasteiger partial charge in [-0.3, -0.25) is 0 Å². The molecule has 0 spiro atoms. The van der Waals surface area contributed by atoms with Crippen LogP contribution in [0.3, 0.4) is 0 Å². The summed E-state index contributed by atoms with van der Waals surface area (Å²) in [6, 6.07) is 6.81. The molecule has 0 aliphatic carbocycles. The summed E-state index contributed by atoms with van der Waals surface area (Å²) in [4.78, 5) is 0.323. The predicted octanol–water partition coefficient (Wildman–Crippen LogP) is 3.02. The van der Waals surface area contributed by atoms with Gasteiger partial charge in [-0.1, -0.05) is 23.8 Å².